The molecule has 0 aliphatic heterocycles. The summed E-state index contributed by atoms with van der Waals surface area (Å²) >= 11 is 6.19. The van der Waals surface area contributed by atoms with Gasteiger partial charge in [0.25, 0.3) is 0 Å². The van der Waals surface area contributed by atoms with Gasteiger partial charge in [-0.15, -0.1) is 0 Å². The topological polar surface area (TPSA) is 38.9 Å². The highest BCUT2D eigenvalue weighted by Crippen LogP contribution is 2.27. The molecule has 0 bridgehead atoms. The van der Waals surface area contributed by atoms with Crippen molar-refractivity contribution in [3.63, 3.8) is 0 Å². The van der Waals surface area contributed by atoms with Crippen molar-refractivity contribution in [2.45, 2.75) is 6.92 Å². The van der Waals surface area contributed by atoms with Crippen LogP contribution in [0.1, 0.15) is 5.56 Å². The molecule has 3 aromatic rings. The van der Waals surface area contributed by atoms with E-state index in [1.54, 1.807) is 0 Å². The average Bonchev–Trinajstić information content (AvgIpc) is 2.42. The van der Waals surface area contributed by atoms with Gasteiger partial charge in [-0.1, -0.05) is 35.9 Å². The van der Waals surface area contributed by atoms with Crippen LogP contribution in [0.2, 0.25) is 5.02 Å². The van der Waals surface area contributed by atoms with Crippen LogP contribution in [0.3, 0.4) is 0 Å². The zero-order valence-corrected chi connectivity index (χ0v) is 11.3. The molecule has 2 N–H and O–H groups in total. The minimum atomic E-state index is 0.673. The number of pyridine rings is 1. The lowest BCUT2D eigenvalue weighted by Gasteiger charge is -2.07. The number of hydrogen-bond acceptors (Lipinski definition) is 2. The van der Waals surface area contributed by atoms with Crippen molar-refractivity contribution in [1.29, 1.82) is 0 Å². The first-order chi connectivity index (χ1) is 9.15. The molecule has 3 heteroatoms. The van der Waals surface area contributed by atoms with E-state index in [1.165, 1.54) is 0 Å². The van der Waals surface area contributed by atoms with Gasteiger partial charge < -0.3 is 5.73 Å². The van der Waals surface area contributed by atoms with Gasteiger partial charge in [0.2, 0.25) is 0 Å². The highest BCUT2D eigenvalue weighted by molar-refractivity contribution is 6.35. The average molecular weight is 269 g/mol. The van der Waals surface area contributed by atoms with Crippen molar-refractivity contribution < 1.29 is 0 Å². The van der Waals surface area contributed by atoms with E-state index in [0.29, 0.717) is 5.02 Å². The molecule has 0 saturated heterocycles. The van der Waals surface area contributed by atoms with Gasteiger partial charge in [-0.3, -0.25) is 0 Å². The van der Waals surface area contributed by atoms with E-state index in [4.69, 9.17) is 17.3 Å². The monoisotopic (exact) mass is 268 g/mol. The fourth-order valence-corrected chi connectivity index (χ4v) is 2.33. The van der Waals surface area contributed by atoms with Gasteiger partial charge in [-0.2, -0.15) is 0 Å². The van der Waals surface area contributed by atoms with E-state index in [0.717, 1.165) is 33.4 Å². The smallest absolute Gasteiger partial charge is 0.0895 e. The lowest BCUT2D eigenvalue weighted by atomic mass is 10.1. The molecular formula is C16H13ClN2. The third-order valence-corrected chi connectivity index (χ3v) is 3.54. The van der Waals surface area contributed by atoms with Crippen molar-refractivity contribution in [2.24, 2.45) is 0 Å². The summed E-state index contributed by atoms with van der Waals surface area (Å²) in [5, 5.41) is 1.72. The molecule has 0 unspecified atom stereocenters. The summed E-state index contributed by atoms with van der Waals surface area (Å²) in [6.07, 6.45) is 0. The van der Waals surface area contributed by atoms with Crippen LogP contribution >= 0.6 is 11.6 Å². The number of nitrogens with two attached hydrogens (primary N) is 1. The quantitative estimate of drug-likeness (QED) is 0.663. The lowest BCUT2D eigenvalue weighted by Crippen LogP contribution is -1.91. The van der Waals surface area contributed by atoms with E-state index in [-0.39, 0.29) is 0 Å². The number of nitrogens with zero attached hydrogens (tertiary/aromatic N) is 1. The van der Waals surface area contributed by atoms with Crippen molar-refractivity contribution in [3.8, 4) is 11.3 Å². The predicted molar refractivity (Wildman–Crippen MR) is 81.3 cm³/mol. The van der Waals surface area contributed by atoms with Crippen LogP contribution in [0.25, 0.3) is 22.2 Å². The number of nitrogen functional groups attached to an aromatic ring is 1. The van der Waals surface area contributed by atoms with E-state index < -0.39 is 0 Å². The third kappa shape index (κ3) is 2.15. The second-order valence-corrected chi connectivity index (χ2v) is 4.99. The van der Waals surface area contributed by atoms with Crippen LogP contribution in [-0.4, -0.2) is 4.98 Å². The number of anilines is 1. The van der Waals surface area contributed by atoms with Crippen LogP contribution < -0.4 is 5.73 Å². The van der Waals surface area contributed by atoms with Gasteiger partial charge in [0.05, 0.1) is 16.2 Å². The highest BCUT2D eigenvalue weighted by Gasteiger charge is 2.05. The summed E-state index contributed by atoms with van der Waals surface area (Å²) in [7, 11) is 0. The molecule has 0 atom stereocenters. The molecule has 1 aromatic heterocycles. The van der Waals surface area contributed by atoms with Crippen LogP contribution in [-0.2, 0) is 0 Å². The van der Waals surface area contributed by atoms with Crippen molar-refractivity contribution in [2.75, 3.05) is 5.73 Å². The summed E-state index contributed by atoms with van der Waals surface area (Å²) in [4.78, 5) is 4.64. The maximum atomic E-state index is 6.19. The molecule has 0 amide bonds. The maximum Gasteiger partial charge on any atom is 0.0895 e. The highest BCUT2D eigenvalue weighted by atomic mass is 35.5. The van der Waals surface area contributed by atoms with Gasteiger partial charge in [0.15, 0.2) is 0 Å². The Bertz CT molecular complexity index is 766. The summed E-state index contributed by atoms with van der Waals surface area (Å²) in [6.45, 7) is 1.99. The standard InChI is InChI=1S/C16H13ClN2/c1-10-9-12(5-7-14(10)18)15-8-6-11-3-2-4-13(17)16(11)19-15/h2-9H,18H2,1H3. The molecule has 2 nitrogen and oxygen atoms in total. The van der Waals surface area contributed by atoms with Crippen molar-refractivity contribution in [1.82, 2.24) is 4.98 Å². The minimum Gasteiger partial charge on any atom is -0.399 e. The Labute approximate surface area is 116 Å². The van der Waals surface area contributed by atoms with Gasteiger partial charge in [0.1, 0.15) is 0 Å². The van der Waals surface area contributed by atoms with Gasteiger partial charge >= 0.3 is 0 Å². The van der Waals surface area contributed by atoms with Crippen LogP contribution in [0.4, 0.5) is 5.69 Å². The van der Waals surface area contributed by atoms with Gasteiger partial charge in [-0.05, 0) is 36.8 Å². The van der Waals surface area contributed by atoms with Crippen molar-refractivity contribution >= 4 is 28.2 Å². The summed E-state index contributed by atoms with van der Waals surface area (Å²) < 4.78 is 0. The molecule has 0 aliphatic carbocycles. The van der Waals surface area contributed by atoms with Gasteiger partial charge in [0, 0.05) is 16.6 Å². The largest absolute Gasteiger partial charge is 0.399 e. The van der Waals surface area contributed by atoms with E-state index in [1.807, 2.05) is 55.5 Å². The summed E-state index contributed by atoms with van der Waals surface area (Å²) in [6, 6.07) is 15.8. The number of benzene rings is 2. The summed E-state index contributed by atoms with van der Waals surface area (Å²) in [5.74, 6) is 0. The van der Waals surface area contributed by atoms with Crippen molar-refractivity contribution in [3.05, 3.63) is 59.1 Å². The molecule has 1 heterocycles. The zero-order valence-electron chi connectivity index (χ0n) is 10.5. The zero-order chi connectivity index (χ0) is 13.4. The molecular weight excluding hydrogens is 256 g/mol. The Morgan fingerprint density at radius 3 is 2.68 bits per heavy atom. The number of fused-ring (bicyclic) bond motifs is 1. The van der Waals surface area contributed by atoms with Crippen LogP contribution in [0, 0.1) is 6.92 Å². The van der Waals surface area contributed by atoms with Gasteiger partial charge in [-0.25, -0.2) is 4.98 Å². The van der Waals surface area contributed by atoms with E-state index >= 15 is 0 Å². The lowest BCUT2D eigenvalue weighted by molar-refractivity contribution is 1.38. The summed E-state index contributed by atoms with van der Waals surface area (Å²) in [5.41, 5.74) is 10.5. The SMILES string of the molecule is Cc1cc(-c2ccc3cccc(Cl)c3n2)ccc1N. The number of halogens is 1. The first kappa shape index (κ1) is 12.0. The molecule has 0 spiro atoms. The number of aryl methyl sites for hydroxylation is 1. The third-order valence-electron chi connectivity index (χ3n) is 3.24. The fourth-order valence-electron chi connectivity index (χ4n) is 2.11. The predicted octanol–water partition coefficient (Wildman–Crippen LogP) is 4.45. The Morgan fingerprint density at radius 1 is 1.05 bits per heavy atom. The molecule has 19 heavy (non-hydrogen) atoms. The number of hydrogen-bond donors (Lipinski definition) is 1. The molecule has 0 radical (unpaired) electrons. The van der Waals surface area contributed by atoms with E-state index in [2.05, 4.69) is 4.98 Å². The number of rotatable bonds is 1. The Morgan fingerprint density at radius 2 is 1.89 bits per heavy atom. The minimum absolute atomic E-state index is 0.673. The van der Waals surface area contributed by atoms with E-state index in [9.17, 15) is 0 Å². The molecule has 0 aliphatic rings. The molecule has 2 aromatic carbocycles. The first-order valence-corrected chi connectivity index (χ1v) is 6.45. The molecule has 0 fully saturated rings. The molecule has 0 saturated carbocycles. The molecule has 94 valence electrons. The second-order valence-electron chi connectivity index (χ2n) is 4.58. The Hall–Kier alpha value is -2.06. The fraction of sp³-hybridized carbons (Fsp3) is 0.0625. The number of aromatic nitrogens is 1. The maximum absolute atomic E-state index is 6.19. The Balaban J connectivity index is 2.20. The molecule has 3 rings (SSSR count). The van der Waals surface area contributed by atoms with Crippen LogP contribution in [0.15, 0.2) is 48.5 Å². The normalized spacial score (nSPS) is 10.8. The second kappa shape index (κ2) is 4.56. The van der Waals surface area contributed by atoms with Crippen LogP contribution in [0.5, 0.6) is 0 Å². The first-order valence-electron chi connectivity index (χ1n) is 6.07. The Kier molecular flexibility index (Phi) is 2.88. The number of para-hydroxylation sites is 1.